The molecule has 4 heteroatoms. The molecular formula is C14H23N3O. The van der Waals surface area contributed by atoms with Crippen LogP contribution >= 0.6 is 0 Å². The first kappa shape index (κ1) is 14.4. The number of hydrogen-bond acceptors (Lipinski definition) is 3. The van der Waals surface area contributed by atoms with Crippen LogP contribution in [0.3, 0.4) is 0 Å². The van der Waals surface area contributed by atoms with Crippen molar-refractivity contribution < 1.29 is 4.79 Å². The van der Waals surface area contributed by atoms with Crippen LogP contribution in [0.15, 0.2) is 18.2 Å². The third-order valence-corrected chi connectivity index (χ3v) is 2.46. The van der Waals surface area contributed by atoms with Gasteiger partial charge in [-0.1, -0.05) is 20.8 Å². The summed E-state index contributed by atoms with van der Waals surface area (Å²) in [6, 6.07) is 5.30. The molecule has 18 heavy (non-hydrogen) atoms. The Morgan fingerprint density at radius 2 is 2.00 bits per heavy atom. The number of hydrogen-bond donors (Lipinski definition) is 3. The molecule has 0 aromatic heterocycles. The summed E-state index contributed by atoms with van der Waals surface area (Å²) >= 11 is 0. The Hall–Kier alpha value is -1.71. The van der Waals surface area contributed by atoms with E-state index in [4.69, 9.17) is 5.73 Å². The van der Waals surface area contributed by atoms with E-state index < -0.39 is 0 Å². The van der Waals surface area contributed by atoms with E-state index in [0.29, 0.717) is 17.8 Å². The number of nitrogens with one attached hydrogen (secondary N) is 2. The van der Waals surface area contributed by atoms with Gasteiger partial charge in [-0.15, -0.1) is 0 Å². The fraction of sp³-hybridized carbons (Fsp3) is 0.500. The van der Waals surface area contributed by atoms with Crippen molar-refractivity contribution in [2.45, 2.75) is 27.7 Å². The zero-order chi connectivity index (χ0) is 13.8. The smallest absolute Gasteiger partial charge is 0.251 e. The van der Waals surface area contributed by atoms with Crippen LogP contribution in [0.1, 0.15) is 38.1 Å². The molecule has 0 aliphatic carbocycles. The van der Waals surface area contributed by atoms with Crippen molar-refractivity contribution in [3.8, 4) is 0 Å². The molecule has 4 N–H and O–H groups in total. The molecular weight excluding hydrogens is 226 g/mol. The SMILES string of the molecule is CCNC(=O)c1ccc(N)c(NCC(C)(C)C)c1. The minimum absolute atomic E-state index is 0.0729. The maximum absolute atomic E-state index is 11.7. The fourth-order valence-electron chi connectivity index (χ4n) is 1.47. The number of nitrogens with two attached hydrogens (primary N) is 1. The van der Waals surface area contributed by atoms with E-state index in [-0.39, 0.29) is 11.3 Å². The van der Waals surface area contributed by atoms with E-state index in [0.717, 1.165) is 12.2 Å². The molecule has 0 saturated carbocycles. The summed E-state index contributed by atoms with van der Waals surface area (Å²) in [7, 11) is 0. The minimum atomic E-state index is -0.0729. The maximum Gasteiger partial charge on any atom is 0.251 e. The van der Waals surface area contributed by atoms with E-state index in [1.165, 1.54) is 0 Å². The molecule has 0 heterocycles. The molecule has 4 nitrogen and oxygen atoms in total. The highest BCUT2D eigenvalue weighted by molar-refractivity contribution is 5.96. The molecule has 0 aliphatic heterocycles. The Bertz CT molecular complexity index is 422. The molecule has 0 bridgehead atoms. The predicted molar refractivity (Wildman–Crippen MR) is 76.8 cm³/mol. The van der Waals surface area contributed by atoms with E-state index >= 15 is 0 Å². The Balaban J connectivity index is 2.84. The van der Waals surface area contributed by atoms with Crippen molar-refractivity contribution >= 4 is 17.3 Å². The van der Waals surface area contributed by atoms with Gasteiger partial charge in [-0.3, -0.25) is 4.79 Å². The summed E-state index contributed by atoms with van der Waals surface area (Å²) in [5.41, 5.74) is 8.16. The quantitative estimate of drug-likeness (QED) is 0.718. The Labute approximate surface area is 109 Å². The number of benzene rings is 1. The van der Waals surface area contributed by atoms with Crippen LogP contribution in [0.5, 0.6) is 0 Å². The second-order valence-electron chi connectivity index (χ2n) is 5.58. The van der Waals surface area contributed by atoms with Crippen LogP contribution in [0.4, 0.5) is 11.4 Å². The van der Waals surface area contributed by atoms with Gasteiger partial charge in [0.15, 0.2) is 0 Å². The molecule has 1 aromatic rings. The number of carbonyl (C=O) groups is 1. The summed E-state index contributed by atoms with van der Waals surface area (Å²) in [6.07, 6.45) is 0. The lowest BCUT2D eigenvalue weighted by Gasteiger charge is -2.20. The van der Waals surface area contributed by atoms with Crippen LogP contribution < -0.4 is 16.4 Å². The van der Waals surface area contributed by atoms with Crippen LogP contribution in [-0.4, -0.2) is 19.0 Å². The first-order valence-corrected chi connectivity index (χ1v) is 6.25. The van der Waals surface area contributed by atoms with Crippen molar-refractivity contribution in [2.24, 2.45) is 5.41 Å². The highest BCUT2D eigenvalue weighted by Gasteiger charge is 2.12. The second kappa shape index (κ2) is 5.76. The Morgan fingerprint density at radius 1 is 1.33 bits per heavy atom. The van der Waals surface area contributed by atoms with Crippen LogP contribution in [0.2, 0.25) is 0 Å². The molecule has 0 unspecified atom stereocenters. The molecule has 1 rings (SSSR count). The van der Waals surface area contributed by atoms with Crippen molar-refractivity contribution in [3.63, 3.8) is 0 Å². The summed E-state index contributed by atoms with van der Waals surface area (Å²) in [6.45, 7) is 9.75. The average Bonchev–Trinajstić information content (AvgIpc) is 2.27. The number of amides is 1. The van der Waals surface area contributed by atoms with Gasteiger partial charge in [0.1, 0.15) is 0 Å². The first-order chi connectivity index (χ1) is 8.33. The summed E-state index contributed by atoms with van der Waals surface area (Å²) in [5.74, 6) is -0.0729. The molecule has 0 radical (unpaired) electrons. The average molecular weight is 249 g/mol. The molecule has 0 fully saturated rings. The molecule has 100 valence electrons. The lowest BCUT2D eigenvalue weighted by molar-refractivity contribution is 0.0956. The van der Waals surface area contributed by atoms with Gasteiger partial charge in [-0.25, -0.2) is 0 Å². The lowest BCUT2D eigenvalue weighted by atomic mass is 9.97. The number of nitrogen functional groups attached to an aromatic ring is 1. The van der Waals surface area contributed by atoms with Crippen molar-refractivity contribution in [1.82, 2.24) is 5.32 Å². The van der Waals surface area contributed by atoms with Crippen molar-refractivity contribution in [2.75, 3.05) is 24.1 Å². The maximum atomic E-state index is 11.7. The normalized spacial score (nSPS) is 11.1. The Morgan fingerprint density at radius 3 is 2.56 bits per heavy atom. The monoisotopic (exact) mass is 249 g/mol. The molecule has 1 aromatic carbocycles. The van der Waals surface area contributed by atoms with Gasteiger partial charge >= 0.3 is 0 Å². The van der Waals surface area contributed by atoms with Crippen molar-refractivity contribution in [3.05, 3.63) is 23.8 Å². The van der Waals surface area contributed by atoms with Gasteiger partial charge in [0.2, 0.25) is 0 Å². The van der Waals surface area contributed by atoms with Crippen LogP contribution in [0.25, 0.3) is 0 Å². The lowest BCUT2D eigenvalue weighted by Crippen LogP contribution is -2.23. The second-order valence-corrected chi connectivity index (χ2v) is 5.58. The standard InChI is InChI=1S/C14H23N3O/c1-5-16-13(18)10-6-7-11(15)12(8-10)17-9-14(2,3)4/h6-8,17H,5,9,15H2,1-4H3,(H,16,18). The molecule has 0 spiro atoms. The number of rotatable bonds is 4. The van der Waals surface area contributed by atoms with Crippen LogP contribution in [-0.2, 0) is 0 Å². The predicted octanol–water partition coefficient (Wildman–Crippen LogP) is 2.48. The number of carbonyl (C=O) groups excluding carboxylic acids is 1. The fourth-order valence-corrected chi connectivity index (χ4v) is 1.47. The zero-order valence-corrected chi connectivity index (χ0v) is 11.6. The minimum Gasteiger partial charge on any atom is -0.397 e. The van der Waals surface area contributed by atoms with Gasteiger partial charge in [-0.05, 0) is 30.5 Å². The van der Waals surface area contributed by atoms with Crippen molar-refractivity contribution in [1.29, 1.82) is 0 Å². The summed E-state index contributed by atoms with van der Waals surface area (Å²) < 4.78 is 0. The van der Waals surface area contributed by atoms with E-state index in [1.54, 1.807) is 18.2 Å². The van der Waals surface area contributed by atoms with Crippen LogP contribution in [0, 0.1) is 5.41 Å². The van der Waals surface area contributed by atoms with Gasteiger partial charge in [0.05, 0.1) is 11.4 Å². The molecule has 0 atom stereocenters. The van der Waals surface area contributed by atoms with Gasteiger partial charge in [-0.2, -0.15) is 0 Å². The van der Waals surface area contributed by atoms with Gasteiger partial charge in [0.25, 0.3) is 5.91 Å². The number of anilines is 2. The molecule has 0 aliphatic rings. The first-order valence-electron chi connectivity index (χ1n) is 6.25. The van der Waals surface area contributed by atoms with E-state index in [9.17, 15) is 4.79 Å². The largest absolute Gasteiger partial charge is 0.397 e. The summed E-state index contributed by atoms with van der Waals surface area (Å²) in [5, 5.41) is 6.06. The Kier molecular flexibility index (Phi) is 4.59. The highest BCUT2D eigenvalue weighted by Crippen LogP contribution is 2.22. The van der Waals surface area contributed by atoms with Gasteiger partial charge in [0, 0.05) is 18.7 Å². The summed E-state index contributed by atoms with van der Waals surface area (Å²) in [4.78, 5) is 11.7. The van der Waals surface area contributed by atoms with E-state index in [1.807, 2.05) is 6.92 Å². The molecule has 1 amide bonds. The third kappa shape index (κ3) is 4.28. The topological polar surface area (TPSA) is 67.2 Å². The van der Waals surface area contributed by atoms with E-state index in [2.05, 4.69) is 31.4 Å². The highest BCUT2D eigenvalue weighted by atomic mass is 16.1. The third-order valence-electron chi connectivity index (χ3n) is 2.46. The van der Waals surface area contributed by atoms with Gasteiger partial charge < -0.3 is 16.4 Å². The molecule has 0 saturated heterocycles. The zero-order valence-electron chi connectivity index (χ0n) is 11.6.